The van der Waals surface area contributed by atoms with Crippen LogP contribution >= 0.6 is 11.6 Å². The molecule has 4 heteroatoms. The fourth-order valence-electron chi connectivity index (χ4n) is 2.62. The third kappa shape index (κ3) is 2.66. The van der Waals surface area contributed by atoms with Crippen molar-refractivity contribution in [3.8, 4) is 0 Å². The molecule has 0 aliphatic rings. The average Bonchev–Trinajstić information content (AvgIpc) is 2.82. The van der Waals surface area contributed by atoms with Gasteiger partial charge in [-0.3, -0.25) is 4.98 Å². The molecule has 2 aromatic heterocycles. The van der Waals surface area contributed by atoms with E-state index in [9.17, 15) is 0 Å². The van der Waals surface area contributed by atoms with Crippen LogP contribution in [0, 0.1) is 13.8 Å². The third-order valence-electron chi connectivity index (χ3n) is 3.85. The number of hydrogen-bond donors (Lipinski definition) is 0. The summed E-state index contributed by atoms with van der Waals surface area (Å²) >= 11 is 5.94. The Morgan fingerprint density at radius 3 is 2.76 bits per heavy atom. The summed E-state index contributed by atoms with van der Waals surface area (Å²) in [7, 11) is 0. The van der Waals surface area contributed by atoms with Crippen LogP contribution in [-0.2, 0) is 13.0 Å². The van der Waals surface area contributed by atoms with Crippen molar-refractivity contribution in [2.75, 3.05) is 5.88 Å². The minimum atomic E-state index is 0.578. The summed E-state index contributed by atoms with van der Waals surface area (Å²) in [6.45, 7) is 4.99. The summed E-state index contributed by atoms with van der Waals surface area (Å²) < 4.78 is 2.26. The van der Waals surface area contributed by atoms with Gasteiger partial charge in [0.05, 0.1) is 17.6 Å². The molecule has 108 valence electrons. The van der Waals surface area contributed by atoms with E-state index in [2.05, 4.69) is 41.6 Å². The first kappa shape index (κ1) is 14.1. The second-order valence-electron chi connectivity index (χ2n) is 5.30. The molecule has 0 fully saturated rings. The van der Waals surface area contributed by atoms with Gasteiger partial charge in [0.1, 0.15) is 5.82 Å². The zero-order valence-electron chi connectivity index (χ0n) is 12.3. The number of imidazole rings is 1. The van der Waals surface area contributed by atoms with E-state index in [1.54, 1.807) is 0 Å². The highest BCUT2D eigenvalue weighted by Gasteiger charge is 2.12. The van der Waals surface area contributed by atoms with Crippen molar-refractivity contribution in [1.82, 2.24) is 14.5 Å². The Bertz CT molecular complexity index is 777. The number of benzene rings is 1. The van der Waals surface area contributed by atoms with Gasteiger partial charge in [0.2, 0.25) is 0 Å². The molecule has 0 saturated heterocycles. The highest BCUT2D eigenvalue weighted by Crippen LogP contribution is 2.22. The molecular formula is C17H18ClN3. The summed E-state index contributed by atoms with van der Waals surface area (Å²) in [5.74, 6) is 1.62. The van der Waals surface area contributed by atoms with Gasteiger partial charge < -0.3 is 4.57 Å². The minimum Gasteiger partial charge on any atom is -0.323 e. The molecule has 3 aromatic rings. The number of hydrogen-bond acceptors (Lipinski definition) is 2. The van der Waals surface area contributed by atoms with E-state index in [0.717, 1.165) is 24.3 Å². The topological polar surface area (TPSA) is 30.7 Å². The van der Waals surface area contributed by atoms with Crippen LogP contribution in [0.2, 0.25) is 0 Å². The monoisotopic (exact) mass is 299 g/mol. The number of para-hydroxylation sites is 1. The lowest BCUT2D eigenvalue weighted by molar-refractivity contribution is 0.748. The SMILES string of the molecule is Cc1ccncc1Cn1c(CCCl)nc2c(C)cccc21. The average molecular weight is 300 g/mol. The molecule has 2 heterocycles. The first-order valence-corrected chi connectivity index (χ1v) is 7.64. The van der Waals surface area contributed by atoms with E-state index < -0.39 is 0 Å². The second-order valence-corrected chi connectivity index (χ2v) is 5.68. The number of fused-ring (bicyclic) bond motifs is 1. The van der Waals surface area contributed by atoms with Crippen molar-refractivity contribution in [1.29, 1.82) is 0 Å². The number of pyridine rings is 1. The van der Waals surface area contributed by atoms with Gasteiger partial charge in [-0.2, -0.15) is 0 Å². The summed E-state index contributed by atoms with van der Waals surface area (Å²) in [5, 5.41) is 0. The van der Waals surface area contributed by atoms with Crippen LogP contribution in [0.1, 0.15) is 22.5 Å². The van der Waals surface area contributed by atoms with Gasteiger partial charge in [-0.05, 0) is 42.7 Å². The van der Waals surface area contributed by atoms with E-state index in [1.807, 2.05) is 18.5 Å². The molecule has 0 radical (unpaired) electrons. The maximum Gasteiger partial charge on any atom is 0.111 e. The van der Waals surface area contributed by atoms with Crippen LogP contribution < -0.4 is 0 Å². The van der Waals surface area contributed by atoms with Crippen LogP contribution in [0.25, 0.3) is 11.0 Å². The molecule has 0 spiro atoms. The van der Waals surface area contributed by atoms with Crippen LogP contribution in [0.5, 0.6) is 0 Å². The smallest absolute Gasteiger partial charge is 0.111 e. The van der Waals surface area contributed by atoms with Crippen molar-refractivity contribution < 1.29 is 0 Å². The standard InChI is InChI=1S/C17H18ClN3/c1-12-7-9-19-10-14(12)11-21-15-5-3-4-13(2)17(15)20-16(21)6-8-18/h3-5,7,9-10H,6,8,11H2,1-2H3. The highest BCUT2D eigenvalue weighted by molar-refractivity contribution is 6.17. The van der Waals surface area contributed by atoms with Crippen LogP contribution in [-0.4, -0.2) is 20.4 Å². The summed E-state index contributed by atoms with van der Waals surface area (Å²) in [6.07, 6.45) is 4.53. The molecule has 1 aromatic carbocycles. The number of aromatic nitrogens is 3. The van der Waals surface area contributed by atoms with Crippen molar-refractivity contribution in [2.24, 2.45) is 0 Å². The number of aryl methyl sites for hydroxylation is 3. The fraction of sp³-hybridized carbons (Fsp3) is 0.294. The Kier molecular flexibility index (Phi) is 3.93. The molecule has 0 unspecified atom stereocenters. The summed E-state index contributed by atoms with van der Waals surface area (Å²) in [5.41, 5.74) is 5.90. The lowest BCUT2D eigenvalue weighted by Gasteiger charge is -2.10. The second kappa shape index (κ2) is 5.86. The molecule has 21 heavy (non-hydrogen) atoms. The largest absolute Gasteiger partial charge is 0.323 e. The molecule has 0 aliphatic heterocycles. The van der Waals surface area contributed by atoms with Gasteiger partial charge >= 0.3 is 0 Å². The van der Waals surface area contributed by atoms with Gasteiger partial charge in [-0.1, -0.05) is 12.1 Å². The third-order valence-corrected chi connectivity index (χ3v) is 4.04. The number of rotatable bonds is 4. The van der Waals surface area contributed by atoms with E-state index >= 15 is 0 Å². The van der Waals surface area contributed by atoms with Gasteiger partial charge in [-0.15, -0.1) is 11.6 Å². The van der Waals surface area contributed by atoms with Crippen molar-refractivity contribution in [3.63, 3.8) is 0 Å². The molecule has 0 amide bonds. The van der Waals surface area contributed by atoms with E-state index in [4.69, 9.17) is 16.6 Å². The Morgan fingerprint density at radius 2 is 2.00 bits per heavy atom. The Balaban J connectivity index is 2.13. The molecule has 0 atom stereocenters. The highest BCUT2D eigenvalue weighted by atomic mass is 35.5. The quantitative estimate of drug-likeness (QED) is 0.685. The molecule has 3 nitrogen and oxygen atoms in total. The van der Waals surface area contributed by atoms with Crippen molar-refractivity contribution in [3.05, 3.63) is 59.2 Å². The Morgan fingerprint density at radius 1 is 1.14 bits per heavy atom. The maximum atomic E-state index is 5.94. The van der Waals surface area contributed by atoms with Crippen molar-refractivity contribution in [2.45, 2.75) is 26.8 Å². The molecule has 0 aliphatic carbocycles. The first-order chi connectivity index (χ1) is 10.2. The molecule has 0 saturated carbocycles. The van der Waals surface area contributed by atoms with Crippen LogP contribution in [0.15, 0.2) is 36.7 Å². The van der Waals surface area contributed by atoms with Gasteiger partial charge in [0.15, 0.2) is 0 Å². The molecular weight excluding hydrogens is 282 g/mol. The van der Waals surface area contributed by atoms with Crippen LogP contribution in [0.4, 0.5) is 0 Å². The Hall–Kier alpha value is -1.87. The minimum absolute atomic E-state index is 0.578. The number of halogens is 1. The van der Waals surface area contributed by atoms with E-state index in [0.29, 0.717) is 5.88 Å². The number of alkyl halides is 1. The van der Waals surface area contributed by atoms with Gasteiger partial charge in [0, 0.05) is 24.7 Å². The molecule has 3 rings (SSSR count). The van der Waals surface area contributed by atoms with Gasteiger partial charge in [-0.25, -0.2) is 4.98 Å². The normalized spacial score (nSPS) is 11.2. The number of nitrogens with zero attached hydrogens (tertiary/aromatic N) is 3. The zero-order chi connectivity index (χ0) is 14.8. The molecule has 0 N–H and O–H groups in total. The summed E-state index contributed by atoms with van der Waals surface area (Å²) in [4.78, 5) is 9.03. The van der Waals surface area contributed by atoms with Crippen molar-refractivity contribution >= 4 is 22.6 Å². The first-order valence-electron chi connectivity index (χ1n) is 7.11. The lowest BCUT2D eigenvalue weighted by Crippen LogP contribution is -2.07. The van der Waals surface area contributed by atoms with E-state index in [1.165, 1.54) is 22.2 Å². The van der Waals surface area contributed by atoms with Gasteiger partial charge in [0.25, 0.3) is 0 Å². The predicted molar refractivity (Wildman–Crippen MR) is 87.0 cm³/mol. The van der Waals surface area contributed by atoms with E-state index in [-0.39, 0.29) is 0 Å². The zero-order valence-corrected chi connectivity index (χ0v) is 13.1. The Labute approximate surface area is 129 Å². The predicted octanol–water partition coefficient (Wildman–Crippen LogP) is 3.88. The summed E-state index contributed by atoms with van der Waals surface area (Å²) in [6, 6.07) is 8.34. The van der Waals surface area contributed by atoms with Crippen LogP contribution in [0.3, 0.4) is 0 Å². The lowest BCUT2D eigenvalue weighted by atomic mass is 10.1. The maximum absolute atomic E-state index is 5.94. The molecule has 0 bridgehead atoms. The fourth-order valence-corrected chi connectivity index (χ4v) is 2.79.